The van der Waals surface area contributed by atoms with Crippen molar-refractivity contribution in [1.82, 2.24) is 4.98 Å². The summed E-state index contributed by atoms with van der Waals surface area (Å²) >= 11 is 1.47. The fourth-order valence-electron chi connectivity index (χ4n) is 2.73. The van der Waals surface area contributed by atoms with Gasteiger partial charge in [-0.05, 0) is 29.8 Å². The van der Waals surface area contributed by atoms with Crippen molar-refractivity contribution in [2.24, 2.45) is 5.10 Å². The minimum absolute atomic E-state index is 0.186. The highest BCUT2D eigenvalue weighted by Crippen LogP contribution is 2.26. The number of ketones is 1. The SMILES string of the molecule is COC(=O)c1ccc2c(c1)C(=O)/C(=N\Nc1nc3ccccc3s1)C2. The van der Waals surface area contributed by atoms with Crippen LogP contribution in [0.1, 0.15) is 26.3 Å². The molecule has 2 aromatic carbocycles. The molecule has 0 fully saturated rings. The molecule has 1 heterocycles. The molecule has 1 aromatic heterocycles. The maximum atomic E-state index is 12.5. The summed E-state index contributed by atoms with van der Waals surface area (Å²) in [6.07, 6.45) is 0.424. The number of nitrogens with zero attached hydrogens (tertiary/aromatic N) is 2. The fourth-order valence-corrected chi connectivity index (χ4v) is 3.54. The quantitative estimate of drug-likeness (QED) is 0.578. The summed E-state index contributed by atoms with van der Waals surface area (Å²) in [6.45, 7) is 0. The van der Waals surface area contributed by atoms with E-state index in [0.717, 1.165) is 15.8 Å². The number of Topliss-reactive ketones (excluding diaryl/α,β-unsaturated/α-hetero) is 1. The molecule has 0 atom stereocenters. The highest BCUT2D eigenvalue weighted by Gasteiger charge is 2.27. The first-order chi connectivity index (χ1) is 12.2. The van der Waals surface area contributed by atoms with Gasteiger partial charge < -0.3 is 4.74 Å². The van der Waals surface area contributed by atoms with E-state index in [2.05, 4.69) is 15.5 Å². The Morgan fingerprint density at radius 1 is 1.28 bits per heavy atom. The molecule has 1 N–H and O–H groups in total. The first-order valence-electron chi connectivity index (χ1n) is 7.60. The molecule has 0 spiro atoms. The first kappa shape index (κ1) is 15.5. The van der Waals surface area contributed by atoms with Gasteiger partial charge in [-0.3, -0.25) is 10.2 Å². The molecule has 0 amide bonds. The van der Waals surface area contributed by atoms with E-state index < -0.39 is 5.97 Å². The number of benzene rings is 2. The second-order valence-electron chi connectivity index (χ2n) is 5.53. The number of hydrogen-bond donors (Lipinski definition) is 1. The van der Waals surface area contributed by atoms with Gasteiger partial charge in [0.25, 0.3) is 0 Å². The Bertz CT molecular complexity index is 1010. The minimum atomic E-state index is -0.464. The van der Waals surface area contributed by atoms with Gasteiger partial charge >= 0.3 is 5.97 Å². The van der Waals surface area contributed by atoms with Crippen molar-refractivity contribution >= 4 is 44.1 Å². The molecule has 0 aliphatic heterocycles. The van der Waals surface area contributed by atoms with E-state index in [1.807, 2.05) is 24.3 Å². The predicted molar refractivity (Wildman–Crippen MR) is 96.5 cm³/mol. The summed E-state index contributed by atoms with van der Waals surface area (Å²) in [4.78, 5) is 28.6. The lowest BCUT2D eigenvalue weighted by Crippen LogP contribution is -2.10. The molecule has 0 radical (unpaired) electrons. The van der Waals surface area contributed by atoms with Crippen molar-refractivity contribution in [3.63, 3.8) is 0 Å². The van der Waals surface area contributed by atoms with Crippen LogP contribution >= 0.6 is 11.3 Å². The van der Waals surface area contributed by atoms with Gasteiger partial charge in [-0.1, -0.05) is 29.5 Å². The number of thiazole rings is 1. The highest BCUT2D eigenvalue weighted by atomic mass is 32.1. The Labute approximate surface area is 147 Å². The Hall–Kier alpha value is -3.06. The smallest absolute Gasteiger partial charge is 0.337 e. The zero-order valence-electron chi connectivity index (χ0n) is 13.3. The van der Waals surface area contributed by atoms with Crippen LogP contribution in [0.15, 0.2) is 47.6 Å². The van der Waals surface area contributed by atoms with Gasteiger partial charge in [-0.2, -0.15) is 5.10 Å². The summed E-state index contributed by atoms with van der Waals surface area (Å²) < 4.78 is 5.74. The van der Waals surface area contributed by atoms with Gasteiger partial charge in [0.1, 0.15) is 5.71 Å². The average molecular weight is 351 g/mol. The lowest BCUT2D eigenvalue weighted by Gasteiger charge is -2.01. The number of ether oxygens (including phenoxy) is 1. The number of carbonyl (C=O) groups excluding carboxylic acids is 2. The number of aromatic nitrogens is 1. The summed E-state index contributed by atoms with van der Waals surface area (Å²) in [7, 11) is 1.31. The predicted octanol–water partition coefficient (Wildman–Crippen LogP) is 3.29. The van der Waals surface area contributed by atoms with E-state index in [-0.39, 0.29) is 5.78 Å². The number of hydrogen-bond acceptors (Lipinski definition) is 7. The third kappa shape index (κ3) is 2.78. The number of fused-ring (bicyclic) bond motifs is 2. The van der Waals surface area contributed by atoms with Gasteiger partial charge in [0.2, 0.25) is 10.9 Å². The third-order valence-corrected chi connectivity index (χ3v) is 4.92. The van der Waals surface area contributed by atoms with Gasteiger partial charge in [0.15, 0.2) is 0 Å². The number of rotatable bonds is 3. The number of carbonyl (C=O) groups is 2. The summed E-state index contributed by atoms with van der Waals surface area (Å²) in [6, 6.07) is 12.8. The van der Waals surface area contributed by atoms with Crippen LogP contribution in [0.2, 0.25) is 0 Å². The van der Waals surface area contributed by atoms with Crippen LogP contribution in [0, 0.1) is 0 Å². The Balaban J connectivity index is 1.58. The monoisotopic (exact) mass is 351 g/mol. The van der Waals surface area contributed by atoms with E-state index >= 15 is 0 Å². The van der Waals surface area contributed by atoms with Crippen LogP contribution in [-0.4, -0.2) is 29.6 Å². The molecule has 1 aliphatic rings. The normalized spacial score (nSPS) is 14.8. The molecule has 0 bridgehead atoms. The topological polar surface area (TPSA) is 80.7 Å². The molecule has 4 rings (SSSR count). The standard InChI is InChI=1S/C18H13N3O3S/c1-24-17(23)11-7-6-10-9-14(16(22)12(10)8-11)20-21-18-19-13-4-2-3-5-15(13)25-18/h2-8H,9H2,1H3,(H,19,21)/b20-14-. The van der Waals surface area contributed by atoms with Crippen molar-refractivity contribution in [3.8, 4) is 0 Å². The first-order valence-corrected chi connectivity index (χ1v) is 8.41. The molecule has 6 nitrogen and oxygen atoms in total. The van der Waals surface area contributed by atoms with Crippen molar-refractivity contribution in [2.75, 3.05) is 12.5 Å². The molecule has 0 saturated carbocycles. The Kier molecular flexibility index (Phi) is 3.77. The lowest BCUT2D eigenvalue weighted by atomic mass is 10.1. The molecule has 0 saturated heterocycles. The maximum Gasteiger partial charge on any atom is 0.337 e. The van der Waals surface area contributed by atoms with E-state index in [1.54, 1.807) is 18.2 Å². The third-order valence-electron chi connectivity index (χ3n) is 3.98. The van der Waals surface area contributed by atoms with Crippen molar-refractivity contribution in [3.05, 3.63) is 59.2 Å². The van der Waals surface area contributed by atoms with Gasteiger partial charge in [0, 0.05) is 12.0 Å². The summed E-state index contributed by atoms with van der Waals surface area (Å²) in [5.74, 6) is -0.650. The van der Waals surface area contributed by atoms with Crippen molar-refractivity contribution in [2.45, 2.75) is 6.42 Å². The second-order valence-corrected chi connectivity index (χ2v) is 6.56. The number of para-hydroxylation sites is 1. The van der Waals surface area contributed by atoms with E-state index in [1.165, 1.54) is 18.4 Å². The number of methoxy groups -OCH3 is 1. The van der Waals surface area contributed by atoms with Crippen LogP contribution in [0.5, 0.6) is 0 Å². The highest BCUT2D eigenvalue weighted by molar-refractivity contribution is 7.22. The number of anilines is 1. The molecular weight excluding hydrogens is 338 g/mol. The van der Waals surface area contributed by atoms with Gasteiger partial charge in [0.05, 0.1) is 22.9 Å². The molecule has 124 valence electrons. The van der Waals surface area contributed by atoms with Crippen molar-refractivity contribution in [1.29, 1.82) is 0 Å². The average Bonchev–Trinajstić information content (AvgIpc) is 3.19. The maximum absolute atomic E-state index is 12.5. The zero-order chi connectivity index (χ0) is 17.4. The molecule has 25 heavy (non-hydrogen) atoms. The van der Waals surface area contributed by atoms with Crippen LogP contribution in [-0.2, 0) is 11.2 Å². The lowest BCUT2D eigenvalue weighted by molar-refractivity contribution is 0.0600. The number of nitrogens with one attached hydrogen (secondary N) is 1. The van der Waals surface area contributed by atoms with Crippen molar-refractivity contribution < 1.29 is 14.3 Å². The summed E-state index contributed by atoms with van der Waals surface area (Å²) in [5.41, 5.74) is 5.86. The van der Waals surface area contributed by atoms with Gasteiger partial charge in [-0.15, -0.1) is 0 Å². The minimum Gasteiger partial charge on any atom is -0.465 e. The molecule has 0 unspecified atom stereocenters. The Morgan fingerprint density at radius 3 is 2.92 bits per heavy atom. The molecule has 7 heteroatoms. The van der Waals surface area contributed by atoms with E-state index in [0.29, 0.717) is 28.4 Å². The molecular formula is C18H13N3O3S. The fraction of sp³-hybridized carbons (Fsp3) is 0.111. The second kappa shape index (κ2) is 6.10. The largest absolute Gasteiger partial charge is 0.465 e. The zero-order valence-corrected chi connectivity index (χ0v) is 14.1. The Morgan fingerprint density at radius 2 is 2.12 bits per heavy atom. The van der Waals surface area contributed by atoms with Crippen LogP contribution < -0.4 is 5.43 Å². The molecule has 1 aliphatic carbocycles. The number of hydrazone groups is 1. The number of esters is 1. The van der Waals surface area contributed by atoms with Crippen LogP contribution in [0.3, 0.4) is 0 Å². The van der Waals surface area contributed by atoms with E-state index in [9.17, 15) is 9.59 Å². The molecule has 3 aromatic rings. The summed E-state index contributed by atoms with van der Waals surface area (Å²) in [5, 5.41) is 4.86. The van der Waals surface area contributed by atoms with Crippen LogP contribution in [0.25, 0.3) is 10.2 Å². The van der Waals surface area contributed by atoms with Crippen LogP contribution in [0.4, 0.5) is 5.13 Å². The van der Waals surface area contributed by atoms with Gasteiger partial charge in [-0.25, -0.2) is 9.78 Å². The van der Waals surface area contributed by atoms with E-state index in [4.69, 9.17) is 4.74 Å².